The van der Waals surface area contributed by atoms with Crippen LogP contribution in [0.5, 0.6) is 0 Å². The summed E-state index contributed by atoms with van der Waals surface area (Å²) in [6.07, 6.45) is 0.191. The molecule has 0 bridgehead atoms. The van der Waals surface area contributed by atoms with E-state index in [4.69, 9.17) is 10.5 Å². The Morgan fingerprint density at radius 1 is 1.30 bits per heavy atom. The second-order valence-corrected chi connectivity index (χ2v) is 6.57. The van der Waals surface area contributed by atoms with Crippen molar-refractivity contribution < 1.29 is 9.53 Å². The molecule has 1 aromatic heterocycles. The maximum absolute atomic E-state index is 11.9. The quantitative estimate of drug-likeness (QED) is 0.881. The fourth-order valence-corrected chi connectivity index (χ4v) is 2.66. The van der Waals surface area contributed by atoms with Crippen LogP contribution in [-0.4, -0.2) is 16.6 Å². The molecule has 0 saturated heterocycles. The third-order valence-electron chi connectivity index (χ3n) is 2.49. The second-order valence-electron chi connectivity index (χ2n) is 5.45. The number of hydrogen-bond acceptors (Lipinski definition) is 5. The molecule has 106 valence electrons. The van der Waals surface area contributed by atoms with E-state index >= 15 is 0 Å². The van der Waals surface area contributed by atoms with Crippen molar-refractivity contribution in [1.29, 1.82) is 0 Å². The number of anilines is 1. The molecule has 0 aliphatic heterocycles. The van der Waals surface area contributed by atoms with Gasteiger partial charge in [-0.3, -0.25) is 4.79 Å². The second kappa shape index (κ2) is 5.63. The van der Waals surface area contributed by atoms with Crippen LogP contribution in [0, 0.1) is 0 Å². The predicted molar refractivity (Wildman–Crippen MR) is 81.5 cm³/mol. The van der Waals surface area contributed by atoms with E-state index in [0.717, 1.165) is 16.1 Å². The summed E-state index contributed by atoms with van der Waals surface area (Å²) < 4.78 is 5.34. The standard InChI is InChI=1S/C15H18N2O2S/c1-15(2,3)19-12(18)9-11-13(17-14(16)20-11)10-7-5-4-6-8-10/h4-8H,9H2,1-3H3,(H2,16,17). The molecule has 4 nitrogen and oxygen atoms in total. The van der Waals surface area contributed by atoms with E-state index in [2.05, 4.69) is 4.98 Å². The summed E-state index contributed by atoms with van der Waals surface area (Å²) in [4.78, 5) is 17.1. The number of ether oxygens (including phenoxy) is 1. The molecule has 0 spiro atoms. The molecular formula is C15H18N2O2S. The van der Waals surface area contributed by atoms with Gasteiger partial charge in [0.25, 0.3) is 0 Å². The summed E-state index contributed by atoms with van der Waals surface area (Å²) in [5.41, 5.74) is 7.01. The number of aromatic nitrogens is 1. The van der Waals surface area contributed by atoms with Gasteiger partial charge in [0.05, 0.1) is 12.1 Å². The number of esters is 1. The first-order valence-corrected chi connectivity index (χ1v) is 7.19. The van der Waals surface area contributed by atoms with Crippen molar-refractivity contribution in [3.8, 4) is 11.3 Å². The Kier molecular flexibility index (Phi) is 4.09. The molecule has 0 amide bonds. The lowest BCUT2D eigenvalue weighted by Gasteiger charge is -2.19. The molecule has 0 aliphatic carbocycles. The minimum atomic E-state index is -0.486. The van der Waals surface area contributed by atoms with E-state index in [1.165, 1.54) is 11.3 Å². The smallest absolute Gasteiger partial charge is 0.311 e. The van der Waals surface area contributed by atoms with Gasteiger partial charge >= 0.3 is 5.97 Å². The van der Waals surface area contributed by atoms with Crippen LogP contribution in [0.2, 0.25) is 0 Å². The van der Waals surface area contributed by atoms with E-state index in [1.807, 2.05) is 51.1 Å². The molecule has 5 heteroatoms. The van der Waals surface area contributed by atoms with E-state index in [1.54, 1.807) is 0 Å². The maximum atomic E-state index is 11.9. The van der Waals surface area contributed by atoms with Gasteiger partial charge in [0.15, 0.2) is 5.13 Å². The van der Waals surface area contributed by atoms with Gasteiger partial charge in [0.1, 0.15) is 5.60 Å². The van der Waals surface area contributed by atoms with Gasteiger partial charge in [-0.15, -0.1) is 11.3 Å². The van der Waals surface area contributed by atoms with Gasteiger partial charge < -0.3 is 10.5 Å². The highest BCUT2D eigenvalue weighted by Crippen LogP contribution is 2.30. The molecule has 0 aliphatic rings. The zero-order valence-corrected chi connectivity index (χ0v) is 12.7. The van der Waals surface area contributed by atoms with Crippen LogP contribution in [-0.2, 0) is 16.0 Å². The Balaban J connectivity index is 2.23. The molecule has 0 unspecified atom stereocenters. The first kappa shape index (κ1) is 14.5. The van der Waals surface area contributed by atoms with Crippen molar-refractivity contribution >= 4 is 22.4 Å². The molecule has 0 fully saturated rings. The number of benzene rings is 1. The largest absolute Gasteiger partial charge is 0.460 e. The van der Waals surface area contributed by atoms with Crippen LogP contribution >= 0.6 is 11.3 Å². The van der Waals surface area contributed by atoms with E-state index in [0.29, 0.717) is 5.13 Å². The Morgan fingerprint density at radius 2 is 1.95 bits per heavy atom. The molecular weight excluding hydrogens is 272 g/mol. The van der Waals surface area contributed by atoms with Crippen molar-refractivity contribution in [3.05, 3.63) is 35.2 Å². The summed E-state index contributed by atoms with van der Waals surface area (Å²) in [5.74, 6) is -0.265. The molecule has 1 heterocycles. The summed E-state index contributed by atoms with van der Waals surface area (Å²) in [6.45, 7) is 5.55. The van der Waals surface area contributed by atoms with Gasteiger partial charge in [-0.1, -0.05) is 30.3 Å². The molecule has 0 atom stereocenters. The van der Waals surface area contributed by atoms with Crippen LogP contribution < -0.4 is 5.73 Å². The number of carbonyl (C=O) groups is 1. The number of carbonyl (C=O) groups excluding carboxylic acids is 1. The number of rotatable bonds is 3. The molecule has 1 aromatic carbocycles. The fourth-order valence-electron chi connectivity index (χ4n) is 1.82. The predicted octanol–water partition coefficient (Wildman–Crippen LogP) is 3.28. The van der Waals surface area contributed by atoms with Crippen LogP contribution in [0.25, 0.3) is 11.3 Å². The number of nitrogens with two attached hydrogens (primary N) is 1. The molecule has 0 saturated carbocycles. The van der Waals surface area contributed by atoms with Crippen molar-refractivity contribution in [2.75, 3.05) is 5.73 Å². The summed E-state index contributed by atoms with van der Waals surface area (Å²) in [6, 6.07) is 9.71. The number of thiazole rings is 1. The average Bonchev–Trinajstić information content (AvgIpc) is 2.68. The van der Waals surface area contributed by atoms with Crippen LogP contribution in [0.3, 0.4) is 0 Å². The number of nitrogen functional groups attached to an aromatic ring is 1. The molecule has 0 radical (unpaired) electrons. The van der Waals surface area contributed by atoms with Crippen molar-refractivity contribution in [2.24, 2.45) is 0 Å². The van der Waals surface area contributed by atoms with Crippen LogP contribution in [0.4, 0.5) is 5.13 Å². The van der Waals surface area contributed by atoms with E-state index < -0.39 is 5.60 Å². The van der Waals surface area contributed by atoms with E-state index in [-0.39, 0.29) is 12.4 Å². The SMILES string of the molecule is CC(C)(C)OC(=O)Cc1sc(N)nc1-c1ccccc1. The lowest BCUT2D eigenvalue weighted by Crippen LogP contribution is -2.24. The minimum absolute atomic E-state index is 0.191. The highest BCUT2D eigenvalue weighted by Gasteiger charge is 2.20. The Bertz CT molecular complexity index is 600. The Hall–Kier alpha value is -1.88. The zero-order valence-electron chi connectivity index (χ0n) is 11.8. The number of nitrogens with zero attached hydrogens (tertiary/aromatic N) is 1. The molecule has 20 heavy (non-hydrogen) atoms. The highest BCUT2D eigenvalue weighted by atomic mass is 32.1. The van der Waals surface area contributed by atoms with Crippen molar-refractivity contribution in [3.63, 3.8) is 0 Å². The van der Waals surface area contributed by atoms with Gasteiger partial charge in [0.2, 0.25) is 0 Å². The summed E-state index contributed by atoms with van der Waals surface area (Å²) in [7, 11) is 0. The summed E-state index contributed by atoms with van der Waals surface area (Å²) >= 11 is 1.33. The molecule has 2 N–H and O–H groups in total. The first-order valence-electron chi connectivity index (χ1n) is 6.37. The Morgan fingerprint density at radius 3 is 2.55 bits per heavy atom. The van der Waals surface area contributed by atoms with Crippen LogP contribution in [0.15, 0.2) is 30.3 Å². The monoisotopic (exact) mass is 290 g/mol. The van der Waals surface area contributed by atoms with Gasteiger partial charge in [-0.25, -0.2) is 4.98 Å². The minimum Gasteiger partial charge on any atom is -0.460 e. The summed E-state index contributed by atoms with van der Waals surface area (Å²) in [5, 5.41) is 0.461. The zero-order chi connectivity index (χ0) is 14.8. The van der Waals surface area contributed by atoms with Gasteiger partial charge in [-0.05, 0) is 20.8 Å². The third-order valence-corrected chi connectivity index (χ3v) is 3.37. The topological polar surface area (TPSA) is 65.2 Å². The normalized spacial score (nSPS) is 11.3. The molecule has 2 aromatic rings. The van der Waals surface area contributed by atoms with Gasteiger partial charge in [-0.2, -0.15) is 0 Å². The maximum Gasteiger partial charge on any atom is 0.311 e. The van der Waals surface area contributed by atoms with Gasteiger partial charge in [0, 0.05) is 10.4 Å². The first-order chi connectivity index (χ1) is 9.35. The van der Waals surface area contributed by atoms with E-state index in [9.17, 15) is 4.79 Å². The fraction of sp³-hybridized carbons (Fsp3) is 0.333. The highest BCUT2D eigenvalue weighted by molar-refractivity contribution is 7.15. The average molecular weight is 290 g/mol. The third kappa shape index (κ3) is 3.81. The molecule has 2 rings (SSSR count). The van der Waals surface area contributed by atoms with Crippen molar-refractivity contribution in [2.45, 2.75) is 32.8 Å². The lowest BCUT2D eigenvalue weighted by atomic mass is 10.1. The number of hydrogen-bond donors (Lipinski definition) is 1. The van der Waals surface area contributed by atoms with Crippen LogP contribution in [0.1, 0.15) is 25.6 Å². The van der Waals surface area contributed by atoms with Crippen molar-refractivity contribution in [1.82, 2.24) is 4.98 Å². The lowest BCUT2D eigenvalue weighted by molar-refractivity contribution is -0.153. The Labute approximate surface area is 122 Å².